The molecule has 14 heavy (non-hydrogen) atoms. The number of carbonyl (C=O) groups excluding carboxylic acids is 1. The van der Waals surface area contributed by atoms with Crippen molar-refractivity contribution in [3.8, 4) is 0 Å². The van der Waals surface area contributed by atoms with Crippen molar-refractivity contribution >= 4 is 5.91 Å². The first-order chi connectivity index (χ1) is 6.31. The molecule has 84 valence electrons. The Morgan fingerprint density at radius 2 is 2.00 bits per heavy atom. The van der Waals surface area contributed by atoms with Crippen LogP contribution in [0.15, 0.2) is 0 Å². The Labute approximate surface area is 86.1 Å². The molecule has 0 aromatic heterocycles. The van der Waals surface area contributed by atoms with Gasteiger partial charge in [-0.1, -0.05) is 13.8 Å². The Morgan fingerprint density at radius 3 is 2.43 bits per heavy atom. The Hall–Kier alpha value is -0.610. The lowest BCUT2D eigenvalue weighted by atomic mass is 10.1. The van der Waals surface area contributed by atoms with E-state index in [1.165, 1.54) is 0 Å². The minimum atomic E-state index is -0.832. The van der Waals surface area contributed by atoms with Crippen molar-refractivity contribution in [1.82, 2.24) is 10.6 Å². The van der Waals surface area contributed by atoms with Crippen LogP contribution in [0.4, 0.5) is 0 Å². The van der Waals surface area contributed by atoms with Crippen molar-refractivity contribution < 1.29 is 9.90 Å². The maximum Gasteiger partial charge on any atom is 0.221 e. The van der Waals surface area contributed by atoms with Crippen LogP contribution in [0.25, 0.3) is 0 Å². The first-order valence-electron chi connectivity index (χ1n) is 5.04. The zero-order chi connectivity index (χ0) is 11.2. The van der Waals surface area contributed by atoms with Crippen LogP contribution in [-0.4, -0.2) is 35.7 Å². The molecule has 0 aliphatic heterocycles. The number of carbonyl (C=O) groups is 1. The Bertz CT molecular complexity index is 173. The van der Waals surface area contributed by atoms with Gasteiger partial charge in [0.05, 0.1) is 5.60 Å². The molecule has 0 heterocycles. The van der Waals surface area contributed by atoms with Crippen molar-refractivity contribution in [1.29, 1.82) is 0 Å². The third kappa shape index (κ3) is 9.48. The van der Waals surface area contributed by atoms with E-state index in [2.05, 4.69) is 10.6 Å². The number of nitrogens with one attached hydrogen (secondary N) is 2. The third-order valence-electron chi connectivity index (χ3n) is 1.62. The highest BCUT2D eigenvalue weighted by atomic mass is 16.3. The van der Waals surface area contributed by atoms with Gasteiger partial charge in [-0.05, 0) is 13.8 Å². The molecular weight excluding hydrogens is 180 g/mol. The molecule has 0 aliphatic rings. The van der Waals surface area contributed by atoms with Crippen molar-refractivity contribution in [2.75, 3.05) is 13.1 Å². The van der Waals surface area contributed by atoms with Crippen LogP contribution in [0.1, 0.15) is 34.1 Å². The molecule has 0 atom stereocenters. The lowest BCUT2D eigenvalue weighted by Gasteiger charge is -2.17. The van der Waals surface area contributed by atoms with Gasteiger partial charge >= 0.3 is 0 Å². The van der Waals surface area contributed by atoms with Crippen LogP contribution in [0.5, 0.6) is 0 Å². The van der Waals surface area contributed by atoms with Gasteiger partial charge in [-0.15, -0.1) is 0 Å². The molecule has 0 spiro atoms. The molecular formula is C10H22N2O2. The number of hydrogen-bond donors (Lipinski definition) is 3. The average molecular weight is 202 g/mol. The molecule has 0 fully saturated rings. The van der Waals surface area contributed by atoms with E-state index in [0.717, 1.165) is 0 Å². The molecule has 0 radical (unpaired) electrons. The number of rotatable bonds is 6. The van der Waals surface area contributed by atoms with Gasteiger partial charge in [-0.3, -0.25) is 4.79 Å². The van der Waals surface area contributed by atoms with E-state index in [0.29, 0.717) is 25.6 Å². The molecule has 4 heteroatoms. The van der Waals surface area contributed by atoms with Crippen molar-refractivity contribution in [3.63, 3.8) is 0 Å². The normalized spacial score (nSPS) is 11.9. The van der Waals surface area contributed by atoms with Gasteiger partial charge in [0.15, 0.2) is 0 Å². The van der Waals surface area contributed by atoms with E-state index in [1.807, 2.05) is 13.8 Å². The average Bonchev–Trinajstić information content (AvgIpc) is 1.99. The first-order valence-corrected chi connectivity index (χ1v) is 5.04. The van der Waals surface area contributed by atoms with Gasteiger partial charge in [0.2, 0.25) is 5.91 Å². The summed E-state index contributed by atoms with van der Waals surface area (Å²) >= 11 is 0. The molecule has 4 nitrogen and oxygen atoms in total. The maximum absolute atomic E-state index is 11.2. The van der Waals surface area contributed by atoms with Gasteiger partial charge in [-0.25, -0.2) is 0 Å². The van der Waals surface area contributed by atoms with Gasteiger partial charge in [0.25, 0.3) is 0 Å². The smallest absolute Gasteiger partial charge is 0.221 e. The van der Waals surface area contributed by atoms with Gasteiger partial charge in [-0.2, -0.15) is 0 Å². The van der Waals surface area contributed by atoms with E-state index in [9.17, 15) is 9.90 Å². The highest BCUT2D eigenvalue weighted by Crippen LogP contribution is 1.97. The standard InChI is InChI=1S/C10H22N2O2/c1-8(2)11-6-5-9(13)12-7-10(3,4)14/h8,11,14H,5-7H2,1-4H3,(H,12,13). The third-order valence-corrected chi connectivity index (χ3v) is 1.62. The molecule has 0 saturated heterocycles. The predicted octanol–water partition coefficient (Wildman–Crippen LogP) is 0.262. The second-order valence-electron chi connectivity index (χ2n) is 4.45. The summed E-state index contributed by atoms with van der Waals surface area (Å²) in [5.74, 6) is -0.0275. The second-order valence-corrected chi connectivity index (χ2v) is 4.45. The minimum absolute atomic E-state index is 0.0275. The summed E-state index contributed by atoms with van der Waals surface area (Å²) < 4.78 is 0. The number of amides is 1. The molecule has 0 unspecified atom stereocenters. The fourth-order valence-electron chi connectivity index (χ4n) is 0.878. The summed E-state index contributed by atoms with van der Waals surface area (Å²) in [5, 5.41) is 15.2. The summed E-state index contributed by atoms with van der Waals surface area (Å²) in [4.78, 5) is 11.2. The lowest BCUT2D eigenvalue weighted by molar-refractivity contribution is -0.122. The maximum atomic E-state index is 11.2. The van der Waals surface area contributed by atoms with Crippen molar-refractivity contribution in [3.05, 3.63) is 0 Å². The summed E-state index contributed by atoms with van der Waals surface area (Å²) in [6, 6.07) is 0.400. The fourth-order valence-corrected chi connectivity index (χ4v) is 0.878. The van der Waals surface area contributed by atoms with E-state index in [-0.39, 0.29) is 5.91 Å². The zero-order valence-corrected chi connectivity index (χ0v) is 9.55. The van der Waals surface area contributed by atoms with Gasteiger partial charge in [0.1, 0.15) is 0 Å². The molecule has 0 aromatic carbocycles. The summed E-state index contributed by atoms with van der Waals surface area (Å²) in [6.45, 7) is 8.38. The molecule has 0 aliphatic carbocycles. The van der Waals surface area contributed by atoms with Crippen LogP contribution >= 0.6 is 0 Å². The van der Waals surface area contributed by atoms with Crippen molar-refractivity contribution in [2.45, 2.75) is 45.8 Å². The topological polar surface area (TPSA) is 61.4 Å². The predicted molar refractivity (Wildman–Crippen MR) is 57.1 cm³/mol. The Balaban J connectivity index is 3.47. The molecule has 0 saturated carbocycles. The molecule has 3 N–H and O–H groups in total. The van der Waals surface area contributed by atoms with Crippen LogP contribution in [-0.2, 0) is 4.79 Å². The molecule has 0 aromatic rings. The quantitative estimate of drug-likeness (QED) is 0.579. The molecule has 1 amide bonds. The second kappa shape index (κ2) is 5.98. The Kier molecular flexibility index (Phi) is 5.72. The van der Waals surface area contributed by atoms with Crippen molar-refractivity contribution in [2.24, 2.45) is 0 Å². The van der Waals surface area contributed by atoms with Gasteiger partial charge in [0, 0.05) is 25.6 Å². The van der Waals surface area contributed by atoms with Crippen LogP contribution < -0.4 is 10.6 Å². The van der Waals surface area contributed by atoms with E-state index >= 15 is 0 Å². The SMILES string of the molecule is CC(C)NCCC(=O)NCC(C)(C)O. The fraction of sp³-hybridized carbons (Fsp3) is 0.900. The molecule has 0 bridgehead atoms. The highest BCUT2D eigenvalue weighted by molar-refractivity contribution is 5.76. The monoisotopic (exact) mass is 202 g/mol. The zero-order valence-electron chi connectivity index (χ0n) is 9.55. The van der Waals surface area contributed by atoms with Gasteiger partial charge < -0.3 is 15.7 Å². The summed E-state index contributed by atoms with van der Waals surface area (Å²) in [7, 11) is 0. The first kappa shape index (κ1) is 13.4. The van der Waals surface area contributed by atoms with Crippen LogP contribution in [0.3, 0.4) is 0 Å². The largest absolute Gasteiger partial charge is 0.389 e. The van der Waals surface area contributed by atoms with E-state index < -0.39 is 5.60 Å². The molecule has 0 rings (SSSR count). The summed E-state index contributed by atoms with van der Waals surface area (Å²) in [6.07, 6.45) is 0.453. The summed E-state index contributed by atoms with van der Waals surface area (Å²) in [5.41, 5.74) is -0.832. The van der Waals surface area contributed by atoms with E-state index in [4.69, 9.17) is 0 Å². The number of hydrogen-bond acceptors (Lipinski definition) is 3. The van der Waals surface area contributed by atoms with Crippen LogP contribution in [0, 0.1) is 0 Å². The lowest BCUT2D eigenvalue weighted by Crippen LogP contribution is -2.39. The van der Waals surface area contributed by atoms with Crippen LogP contribution in [0.2, 0.25) is 0 Å². The van der Waals surface area contributed by atoms with E-state index in [1.54, 1.807) is 13.8 Å². The number of aliphatic hydroxyl groups is 1. The minimum Gasteiger partial charge on any atom is -0.389 e. The Morgan fingerprint density at radius 1 is 1.43 bits per heavy atom. The highest BCUT2D eigenvalue weighted by Gasteiger charge is 2.13.